The van der Waals surface area contributed by atoms with Gasteiger partial charge in [-0.05, 0) is 38.1 Å². The SMILES string of the molecule is COc1ccccc1-c1nn(-c2ccccc2)cc1C(=O)NNC(=O)C(=O)NC(C)C. The summed E-state index contributed by atoms with van der Waals surface area (Å²) in [4.78, 5) is 36.6. The highest BCUT2D eigenvalue weighted by atomic mass is 16.5. The van der Waals surface area contributed by atoms with E-state index in [1.807, 2.05) is 36.4 Å². The third kappa shape index (κ3) is 5.08. The lowest BCUT2D eigenvalue weighted by molar-refractivity contribution is -0.139. The van der Waals surface area contributed by atoms with Crippen molar-refractivity contribution in [1.82, 2.24) is 25.9 Å². The predicted molar refractivity (Wildman–Crippen MR) is 114 cm³/mol. The molecule has 3 rings (SSSR count). The lowest BCUT2D eigenvalue weighted by atomic mass is 10.1. The van der Waals surface area contributed by atoms with Crippen LogP contribution in [0.1, 0.15) is 24.2 Å². The lowest BCUT2D eigenvalue weighted by Gasteiger charge is -2.10. The Morgan fingerprint density at radius 3 is 2.29 bits per heavy atom. The molecule has 0 atom stereocenters. The van der Waals surface area contributed by atoms with E-state index in [1.165, 1.54) is 7.11 Å². The fourth-order valence-electron chi connectivity index (χ4n) is 2.86. The zero-order valence-corrected chi connectivity index (χ0v) is 17.4. The van der Waals surface area contributed by atoms with E-state index < -0.39 is 17.7 Å². The topological polar surface area (TPSA) is 114 Å². The molecule has 0 radical (unpaired) electrons. The molecule has 0 saturated heterocycles. The van der Waals surface area contributed by atoms with Crippen LogP contribution in [-0.4, -0.2) is 40.7 Å². The van der Waals surface area contributed by atoms with Crippen LogP contribution in [0.4, 0.5) is 0 Å². The van der Waals surface area contributed by atoms with Gasteiger partial charge in [0, 0.05) is 17.8 Å². The Morgan fingerprint density at radius 2 is 1.61 bits per heavy atom. The number of carbonyl (C=O) groups excluding carboxylic acids is 3. The second-order valence-corrected chi connectivity index (χ2v) is 6.91. The molecule has 9 nitrogen and oxygen atoms in total. The number of nitrogens with zero attached hydrogens (tertiary/aromatic N) is 2. The number of aromatic nitrogens is 2. The van der Waals surface area contributed by atoms with Crippen LogP contribution >= 0.6 is 0 Å². The van der Waals surface area contributed by atoms with Gasteiger partial charge in [-0.25, -0.2) is 4.68 Å². The van der Waals surface area contributed by atoms with E-state index in [0.717, 1.165) is 5.69 Å². The van der Waals surface area contributed by atoms with E-state index in [1.54, 1.807) is 42.9 Å². The molecule has 0 spiro atoms. The van der Waals surface area contributed by atoms with E-state index in [0.29, 0.717) is 17.0 Å². The van der Waals surface area contributed by atoms with Crippen LogP contribution in [0.2, 0.25) is 0 Å². The van der Waals surface area contributed by atoms with Crippen LogP contribution in [0.3, 0.4) is 0 Å². The monoisotopic (exact) mass is 421 g/mol. The summed E-state index contributed by atoms with van der Waals surface area (Å²) in [5.41, 5.74) is 6.30. The maximum atomic E-state index is 12.9. The van der Waals surface area contributed by atoms with Gasteiger partial charge in [0.25, 0.3) is 5.91 Å². The molecule has 3 aromatic rings. The van der Waals surface area contributed by atoms with Crippen molar-refractivity contribution < 1.29 is 19.1 Å². The Morgan fingerprint density at radius 1 is 0.935 bits per heavy atom. The van der Waals surface area contributed by atoms with E-state index in [-0.39, 0.29) is 11.6 Å². The first-order valence-corrected chi connectivity index (χ1v) is 9.60. The van der Waals surface area contributed by atoms with E-state index in [2.05, 4.69) is 21.3 Å². The van der Waals surface area contributed by atoms with Crippen molar-refractivity contribution in [2.75, 3.05) is 7.11 Å². The molecular weight excluding hydrogens is 398 g/mol. The summed E-state index contributed by atoms with van der Waals surface area (Å²) in [6.07, 6.45) is 1.55. The van der Waals surface area contributed by atoms with Gasteiger partial charge in [0.15, 0.2) is 0 Å². The maximum Gasteiger partial charge on any atom is 0.327 e. The largest absolute Gasteiger partial charge is 0.496 e. The molecule has 2 aromatic carbocycles. The Labute approximate surface area is 179 Å². The first kappa shape index (κ1) is 21.6. The molecule has 0 aliphatic carbocycles. The van der Waals surface area contributed by atoms with Crippen LogP contribution in [-0.2, 0) is 9.59 Å². The molecule has 0 aliphatic rings. The number of amides is 3. The van der Waals surface area contributed by atoms with Gasteiger partial charge < -0.3 is 10.1 Å². The molecule has 160 valence electrons. The second kappa shape index (κ2) is 9.57. The molecule has 9 heteroatoms. The van der Waals surface area contributed by atoms with Crippen molar-refractivity contribution in [3.05, 3.63) is 66.4 Å². The molecule has 0 bridgehead atoms. The Balaban J connectivity index is 1.92. The number of hydrogen-bond acceptors (Lipinski definition) is 5. The summed E-state index contributed by atoms with van der Waals surface area (Å²) in [7, 11) is 1.53. The van der Waals surface area contributed by atoms with Gasteiger partial charge in [-0.2, -0.15) is 5.10 Å². The standard InChI is InChI=1S/C22H23N5O4/c1-14(2)23-21(29)22(30)25-24-20(28)17-13-27(15-9-5-4-6-10-15)26-19(17)16-11-7-8-12-18(16)31-3/h4-14H,1-3H3,(H,23,29)(H,24,28)(H,25,30). The zero-order valence-electron chi connectivity index (χ0n) is 17.4. The number of rotatable bonds is 5. The molecule has 0 unspecified atom stereocenters. The Kier molecular flexibility index (Phi) is 6.66. The second-order valence-electron chi connectivity index (χ2n) is 6.91. The fourth-order valence-corrected chi connectivity index (χ4v) is 2.86. The summed E-state index contributed by atoms with van der Waals surface area (Å²) in [6.45, 7) is 3.45. The molecule has 0 fully saturated rings. The number of para-hydroxylation sites is 2. The normalized spacial score (nSPS) is 10.5. The van der Waals surface area contributed by atoms with Crippen molar-refractivity contribution in [1.29, 1.82) is 0 Å². The van der Waals surface area contributed by atoms with Crippen molar-refractivity contribution in [3.63, 3.8) is 0 Å². The molecule has 0 saturated carbocycles. The van der Waals surface area contributed by atoms with Crippen molar-refractivity contribution in [2.45, 2.75) is 19.9 Å². The zero-order chi connectivity index (χ0) is 22.4. The molecule has 3 amide bonds. The molecule has 0 aliphatic heterocycles. The average molecular weight is 421 g/mol. The highest BCUT2D eigenvalue weighted by Gasteiger charge is 2.22. The van der Waals surface area contributed by atoms with Gasteiger partial charge in [0.1, 0.15) is 11.4 Å². The minimum atomic E-state index is -0.976. The highest BCUT2D eigenvalue weighted by Crippen LogP contribution is 2.31. The summed E-state index contributed by atoms with van der Waals surface area (Å²) < 4.78 is 6.97. The van der Waals surface area contributed by atoms with Crippen LogP contribution in [0.25, 0.3) is 16.9 Å². The summed E-state index contributed by atoms with van der Waals surface area (Å²) >= 11 is 0. The number of hydrogen-bond donors (Lipinski definition) is 3. The third-order valence-corrected chi connectivity index (χ3v) is 4.26. The summed E-state index contributed by atoms with van der Waals surface area (Å²) in [5.74, 6) is -1.92. The number of nitrogens with one attached hydrogen (secondary N) is 3. The first-order chi connectivity index (χ1) is 14.9. The van der Waals surface area contributed by atoms with Crippen LogP contribution in [0.5, 0.6) is 5.75 Å². The Hall–Kier alpha value is -4.14. The number of hydrazine groups is 1. The quantitative estimate of drug-likeness (QED) is 0.430. The predicted octanol–water partition coefficient (Wildman–Crippen LogP) is 1.83. The third-order valence-electron chi connectivity index (χ3n) is 4.26. The van der Waals surface area contributed by atoms with Crippen LogP contribution in [0, 0.1) is 0 Å². The Bertz CT molecular complexity index is 1090. The lowest BCUT2D eigenvalue weighted by Crippen LogP contribution is -2.49. The molecule has 3 N–H and O–H groups in total. The van der Waals surface area contributed by atoms with Gasteiger partial charge in [0.2, 0.25) is 0 Å². The minimum absolute atomic E-state index is 0.193. The number of methoxy groups -OCH3 is 1. The van der Waals surface area contributed by atoms with Crippen molar-refractivity contribution in [3.8, 4) is 22.7 Å². The maximum absolute atomic E-state index is 12.9. The average Bonchev–Trinajstić information content (AvgIpc) is 3.22. The first-order valence-electron chi connectivity index (χ1n) is 9.60. The van der Waals surface area contributed by atoms with Gasteiger partial charge in [0.05, 0.1) is 18.4 Å². The van der Waals surface area contributed by atoms with Crippen molar-refractivity contribution >= 4 is 17.7 Å². The van der Waals surface area contributed by atoms with Gasteiger partial charge in [-0.1, -0.05) is 30.3 Å². The van der Waals surface area contributed by atoms with E-state index >= 15 is 0 Å². The summed E-state index contributed by atoms with van der Waals surface area (Å²) in [5, 5.41) is 7.01. The summed E-state index contributed by atoms with van der Waals surface area (Å²) in [6, 6.07) is 16.2. The van der Waals surface area contributed by atoms with Gasteiger partial charge in [-0.15, -0.1) is 0 Å². The molecule has 31 heavy (non-hydrogen) atoms. The van der Waals surface area contributed by atoms with E-state index in [9.17, 15) is 14.4 Å². The number of benzene rings is 2. The smallest absolute Gasteiger partial charge is 0.327 e. The van der Waals surface area contributed by atoms with Gasteiger partial charge in [-0.3, -0.25) is 25.2 Å². The van der Waals surface area contributed by atoms with Crippen LogP contribution < -0.4 is 20.9 Å². The minimum Gasteiger partial charge on any atom is -0.496 e. The molecule has 1 aromatic heterocycles. The van der Waals surface area contributed by atoms with Gasteiger partial charge >= 0.3 is 11.8 Å². The van der Waals surface area contributed by atoms with E-state index in [4.69, 9.17) is 4.74 Å². The number of ether oxygens (including phenoxy) is 1. The molecular formula is C22H23N5O4. The molecule has 1 heterocycles. The highest BCUT2D eigenvalue weighted by molar-refractivity contribution is 6.35. The fraction of sp³-hybridized carbons (Fsp3) is 0.182. The van der Waals surface area contributed by atoms with Crippen molar-refractivity contribution in [2.24, 2.45) is 0 Å². The number of carbonyl (C=O) groups is 3. The van der Waals surface area contributed by atoms with Crippen LogP contribution in [0.15, 0.2) is 60.8 Å².